The van der Waals surface area contributed by atoms with E-state index in [0.717, 1.165) is 0 Å². The van der Waals surface area contributed by atoms with E-state index < -0.39 is 85.3 Å². The van der Waals surface area contributed by atoms with Crippen LogP contribution in [0.1, 0.15) is 0 Å². The molecule has 0 unspecified atom stereocenters. The third-order valence-electron chi connectivity index (χ3n) is 3.82. The van der Waals surface area contributed by atoms with Crippen LogP contribution in [0.4, 0.5) is 0 Å². The second kappa shape index (κ2) is 10.3. The first-order chi connectivity index (χ1) is 12.4. The Labute approximate surface area is 153 Å². The minimum Gasteiger partial charge on any atom is -0.394 e. The van der Waals surface area contributed by atoms with Gasteiger partial charge in [-0.15, -0.1) is 0 Å². The van der Waals surface area contributed by atoms with E-state index in [1.54, 1.807) is 0 Å². The van der Waals surface area contributed by atoms with Crippen LogP contribution in [-0.4, -0.2) is 129 Å². The molecule has 162 valence electrons. The van der Waals surface area contributed by atoms with Gasteiger partial charge in [-0.05, 0) is 0 Å². The molecule has 1 aliphatic heterocycles. The number of hydrogen-bond donors (Lipinski definition) is 9. The molecule has 0 radical (unpaired) electrons. The summed E-state index contributed by atoms with van der Waals surface area (Å²) in [5.41, 5.74) is 0. The molecule has 1 aliphatic rings. The highest BCUT2D eigenvalue weighted by atomic mass is 32.3. The summed E-state index contributed by atoms with van der Waals surface area (Å²) in [7, 11) is -4.97. The van der Waals surface area contributed by atoms with Crippen molar-refractivity contribution in [1.82, 2.24) is 0 Å². The van der Waals surface area contributed by atoms with Gasteiger partial charge in [0.2, 0.25) is 0 Å². The Morgan fingerprint density at radius 3 is 2.04 bits per heavy atom. The first kappa shape index (κ1) is 24.5. The Balaban J connectivity index is 2.98. The molecule has 15 heteroatoms. The van der Waals surface area contributed by atoms with Gasteiger partial charge in [0.05, 0.1) is 19.8 Å². The summed E-state index contributed by atoms with van der Waals surface area (Å²) in [6.07, 6.45) is -16.7. The van der Waals surface area contributed by atoms with Crippen molar-refractivity contribution in [3.63, 3.8) is 0 Å². The van der Waals surface area contributed by atoms with Crippen LogP contribution in [0.5, 0.6) is 0 Å². The van der Waals surface area contributed by atoms with E-state index in [1.165, 1.54) is 0 Å². The number of hydrogen-bond acceptors (Lipinski definition) is 13. The number of aliphatic hydroxyl groups is 8. The van der Waals surface area contributed by atoms with E-state index in [-0.39, 0.29) is 0 Å². The lowest BCUT2D eigenvalue weighted by molar-refractivity contribution is -0.327. The first-order valence-corrected chi connectivity index (χ1v) is 9.02. The number of rotatable bonds is 10. The highest BCUT2D eigenvalue weighted by Gasteiger charge is 2.46. The van der Waals surface area contributed by atoms with Gasteiger partial charge in [0, 0.05) is 0 Å². The van der Waals surface area contributed by atoms with Crippen molar-refractivity contribution in [2.45, 2.75) is 55.1 Å². The minimum atomic E-state index is -4.97. The molecule has 1 saturated heterocycles. The molecule has 0 amide bonds. The third kappa shape index (κ3) is 6.79. The van der Waals surface area contributed by atoms with Gasteiger partial charge in [0.15, 0.2) is 6.29 Å². The molecule has 0 aromatic carbocycles. The molecule has 9 atom stereocenters. The fourth-order valence-corrected chi connectivity index (χ4v) is 2.62. The normalized spacial score (nSPS) is 34.0. The Morgan fingerprint density at radius 1 is 0.963 bits per heavy atom. The molecule has 1 fully saturated rings. The summed E-state index contributed by atoms with van der Waals surface area (Å²) in [6, 6.07) is 0. The van der Waals surface area contributed by atoms with Gasteiger partial charge in [-0.3, -0.25) is 4.55 Å². The summed E-state index contributed by atoms with van der Waals surface area (Å²) in [5.74, 6) is 0. The predicted octanol–water partition coefficient (Wildman–Crippen LogP) is -5.93. The Bertz CT molecular complexity index is 540. The van der Waals surface area contributed by atoms with Crippen LogP contribution < -0.4 is 0 Å². The van der Waals surface area contributed by atoms with E-state index in [4.69, 9.17) is 24.2 Å². The molecule has 27 heavy (non-hydrogen) atoms. The molecular weight excluding hydrogens is 400 g/mol. The summed E-state index contributed by atoms with van der Waals surface area (Å²) in [5, 5.41) is 76.8. The van der Waals surface area contributed by atoms with Crippen LogP contribution in [0.3, 0.4) is 0 Å². The average Bonchev–Trinajstić information content (AvgIpc) is 2.61. The van der Waals surface area contributed by atoms with E-state index in [1.807, 2.05) is 0 Å². The van der Waals surface area contributed by atoms with Crippen molar-refractivity contribution in [2.75, 3.05) is 19.8 Å². The molecule has 14 nitrogen and oxygen atoms in total. The van der Waals surface area contributed by atoms with E-state index >= 15 is 0 Å². The van der Waals surface area contributed by atoms with Crippen LogP contribution in [0.25, 0.3) is 0 Å². The van der Waals surface area contributed by atoms with Crippen molar-refractivity contribution in [3.8, 4) is 0 Å². The Hall–Kier alpha value is -0.530. The van der Waals surface area contributed by atoms with E-state index in [0.29, 0.717) is 0 Å². The molecular formula is C12H24O14S. The van der Waals surface area contributed by atoms with Gasteiger partial charge in [-0.1, -0.05) is 0 Å². The van der Waals surface area contributed by atoms with Crippen molar-refractivity contribution in [1.29, 1.82) is 0 Å². The van der Waals surface area contributed by atoms with Crippen LogP contribution >= 0.6 is 0 Å². The van der Waals surface area contributed by atoms with Gasteiger partial charge in [0.1, 0.15) is 48.8 Å². The number of ether oxygens (including phenoxy) is 2. The molecule has 0 aromatic heterocycles. The molecule has 1 rings (SSSR count). The van der Waals surface area contributed by atoms with E-state index in [2.05, 4.69) is 4.18 Å². The lowest BCUT2D eigenvalue weighted by Gasteiger charge is -2.42. The zero-order valence-electron chi connectivity index (χ0n) is 13.8. The Kier molecular flexibility index (Phi) is 9.35. The summed E-state index contributed by atoms with van der Waals surface area (Å²) in [4.78, 5) is 0. The maximum Gasteiger partial charge on any atom is 0.397 e. The average molecular weight is 424 g/mol. The summed E-state index contributed by atoms with van der Waals surface area (Å²) >= 11 is 0. The lowest BCUT2D eigenvalue weighted by Crippen LogP contribution is -2.61. The predicted molar refractivity (Wildman–Crippen MR) is 81.2 cm³/mol. The maximum atomic E-state index is 10.6. The fourth-order valence-electron chi connectivity index (χ4n) is 2.31. The molecule has 0 spiro atoms. The maximum absolute atomic E-state index is 10.6. The standard InChI is InChI=1S/C12H24O14S/c13-1-4(15)7(17)11(5(16)3-24-27(21,22)23)26-12-10(20)9(19)8(18)6(2-14)25-12/h4-20H,1-3H2,(H,21,22,23)/t4-,5+,6+,7+,8-,9-,10+,11+,12-/m0/s1. The quantitative estimate of drug-likeness (QED) is 0.148. The van der Waals surface area contributed by atoms with Crippen LogP contribution in [0.2, 0.25) is 0 Å². The molecule has 1 heterocycles. The second-order valence-corrected chi connectivity index (χ2v) is 6.91. The van der Waals surface area contributed by atoms with Crippen LogP contribution in [0.15, 0.2) is 0 Å². The fraction of sp³-hybridized carbons (Fsp3) is 1.00. The van der Waals surface area contributed by atoms with Crippen molar-refractivity contribution in [2.24, 2.45) is 0 Å². The van der Waals surface area contributed by atoms with Crippen molar-refractivity contribution >= 4 is 10.4 Å². The highest BCUT2D eigenvalue weighted by molar-refractivity contribution is 7.80. The monoisotopic (exact) mass is 424 g/mol. The van der Waals surface area contributed by atoms with Crippen LogP contribution in [0, 0.1) is 0 Å². The topological polar surface area (TPSA) is 244 Å². The smallest absolute Gasteiger partial charge is 0.394 e. The largest absolute Gasteiger partial charge is 0.397 e. The highest BCUT2D eigenvalue weighted by Crippen LogP contribution is 2.25. The summed E-state index contributed by atoms with van der Waals surface area (Å²) < 4.78 is 43.8. The summed E-state index contributed by atoms with van der Waals surface area (Å²) in [6.45, 7) is -2.95. The second-order valence-electron chi connectivity index (χ2n) is 5.82. The molecule has 0 bridgehead atoms. The van der Waals surface area contributed by atoms with Gasteiger partial charge in [-0.2, -0.15) is 8.42 Å². The number of aliphatic hydroxyl groups excluding tert-OH is 8. The molecule has 0 aromatic rings. The molecule has 9 N–H and O–H groups in total. The zero-order chi connectivity index (χ0) is 20.9. The van der Waals surface area contributed by atoms with Gasteiger partial charge in [-0.25, -0.2) is 4.18 Å². The van der Waals surface area contributed by atoms with Gasteiger partial charge >= 0.3 is 10.4 Å². The van der Waals surface area contributed by atoms with Crippen LogP contribution in [-0.2, 0) is 24.1 Å². The SMILES string of the molecule is O=S(=O)(O)OC[C@@H](O)[C@@H](O[C@@H]1O[C@H](CO)[C@H](O)[C@H](O)[C@H]1O)[C@H](O)[C@@H](O)CO. The first-order valence-electron chi connectivity index (χ1n) is 7.65. The van der Waals surface area contributed by atoms with Crippen molar-refractivity contribution < 1.29 is 67.5 Å². The molecule has 0 aliphatic carbocycles. The third-order valence-corrected chi connectivity index (χ3v) is 4.26. The minimum absolute atomic E-state index is 0.800. The van der Waals surface area contributed by atoms with Gasteiger partial charge < -0.3 is 50.3 Å². The van der Waals surface area contributed by atoms with E-state index in [9.17, 15) is 39.1 Å². The van der Waals surface area contributed by atoms with Gasteiger partial charge in [0.25, 0.3) is 0 Å². The van der Waals surface area contributed by atoms with Crippen molar-refractivity contribution in [3.05, 3.63) is 0 Å². The molecule has 0 saturated carbocycles. The zero-order valence-corrected chi connectivity index (χ0v) is 14.6. The Morgan fingerprint density at radius 2 is 1.56 bits per heavy atom. The lowest BCUT2D eigenvalue weighted by atomic mass is 9.98.